The van der Waals surface area contributed by atoms with Crippen molar-refractivity contribution in [2.45, 2.75) is 20.4 Å². The van der Waals surface area contributed by atoms with Gasteiger partial charge in [0.15, 0.2) is 11.5 Å². The predicted octanol–water partition coefficient (Wildman–Crippen LogP) is 1.85. The molecule has 0 spiro atoms. The monoisotopic (exact) mass is 322 g/mol. The van der Waals surface area contributed by atoms with E-state index in [4.69, 9.17) is 15.2 Å². The molecule has 1 heterocycles. The molecule has 8 heteroatoms. The van der Waals surface area contributed by atoms with Crippen molar-refractivity contribution >= 4 is 22.4 Å². The lowest BCUT2D eigenvalue weighted by molar-refractivity contribution is 0.0950. The molecular formula is C14H18N4O3S. The maximum Gasteiger partial charge on any atom is 0.251 e. The van der Waals surface area contributed by atoms with E-state index in [0.29, 0.717) is 40.4 Å². The van der Waals surface area contributed by atoms with Gasteiger partial charge in [-0.1, -0.05) is 11.3 Å². The van der Waals surface area contributed by atoms with Gasteiger partial charge in [-0.3, -0.25) is 4.79 Å². The van der Waals surface area contributed by atoms with Gasteiger partial charge in [0.05, 0.1) is 19.8 Å². The van der Waals surface area contributed by atoms with Gasteiger partial charge in [0.25, 0.3) is 5.91 Å². The van der Waals surface area contributed by atoms with E-state index in [1.54, 1.807) is 18.2 Å². The van der Waals surface area contributed by atoms with E-state index in [1.807, 2.05) is 13.8 Å². The molecule has 2 aromatic rings. The zero-order valence-electron chi connectivity index (χ0n) is 12.5. The minimum absolute atomic E-state index is 0.224. The fraction of sp³-hybridized carbons (Fsp3) is 0.357. The summed E-state index contributed by atoms with van der Waals surface area (Å²) in [5.74, 6) is 0.952. The number of ether oxygens (including phenoxy) is 2. The lowest BCUT2D eigenvalue weighted by Gasteiger charge is -2.12. The van der Waals surface area contributed by atoms with E-state index in [9.17, 15) is 4.79 Å². The van der Waals surface area contributed by atoms with Gasteiger partial charge in [-0.05, 0) is 32.0 Å². The molecule has 22 heavy (non-hydrogen) atoms. The average molecular weight is 322 g/mol. The smallest absolute Gasteiger partial charge is 0.251 e. The second kappa shape index (κ2) is 7.60. The minimum Gasteiger partial charge on any atom is -0.490 e. The van der Waals surface area contributed by atoms with Crippen LogP contribution >= 0.6 is 11.3 Å². The fourth-order valence-corrected chi connectivity index (χ4v) is 2.34. The van der Waals surface area contributed by atoms with Gasteiger partial charge < -0.3 is 20.5 Å². The van der Waals surface area contributed by atoms with E-state index in [2.05, 4.69) is 15.5 Å². The first kappa shape index (κ1) is 16.0. The number of rotatable bonds is 7. The van der Waals surface area contributed by atoms with Crippen LogP contribution in [-0.2, 0) is 6.54 Å². The third-order valence-corrected chi connectivity index (χ3v) is 3.44. The quantitative estimate of drug-likeness (QED) is 0.807. The van der Waals surface area contributed by atoms with Crippen LogP contribution in [0.2, 0.25) is 0 Å². The number of nitrogens with one attached hydrogen (secondary N) is 1. The summed E-state index contributed by atoms with van der Waals surface area (Å²) in [6.07, 6.45) is 0. The zero-order valence-corrected chi connectivity index (χ0v) is 13.3. The molecule has 1 amide bonds. The van der Waals surface area contributed by atoms with Gasteiger partial charge in [0, 0.05) is 5.56 Å². The summed E-state index contributed by atoms with van der Waals surface area (Å²) in [4.78, 5) is 12.2. The first-order chi connectivity index (χ1) is 10.6. The third-order valence-electron chi connectivity index (χ3n) is 2.69. The molecule has 1 aromatic carbocycles. The van der Waals surface area contributed by atoms with E-state index in [0.717, 1.165) is 0 Å². The van der Waals surface area contributed by atoms with Crippen LogP contribution in [0, 0.1) is 0 Å². The molecule has 3 N–H and O–H groups in total. The summed E-state index contributed by atoms with van der Waals surface area (Å²) >= 11 is 1.24. The van der Waals surface area contributed by atoms with Gasteiger partial charge in [0.1, 0.15) is 5.01 Å². The highest BCUT2D eigenvalue weighted by molar-refractivity contribution is 7.15. The predicted molar refractivity (Wildman–Crippen MR) is 84.3 cm³/mol. The molecule has 2 rings (SSSR count). The van der Waals surface area contributed by atoms with E-state index in [1.165, 1.54) is 11.3 Å². The molecule has 0 saturated carbocycles. The molecule has 0 aliphatic rings. The Morgan fingerprint density at radius 2 is 1.95 bits per heavy atom. The number of hydrogen-bond acceptors (Lipinski definition) is 7. The summed E-state index contributed by atoms with van der Waals surface area (Å²) in [6.45, 7) is 5.08. The molecule has 0 unspecified atom stereocenters. The van der Waals surface area contributed by atoms with Crippen LogP contribution in [0.1, 0.15) is 29.2 Å². The Kier molecular flexibility index (Phi) is 5.54. The zero-order chi connectivity index (χ0) is 15.9. The molecule has 0 atom stereocenters. The maximum absolute atomic E-state index is 12.2. The van der Waals surface area contributed by atoms with Crippen LogP contribution in [-0.4, -0.2) is 29.3 Å². The van der Waals surface area contributed by atoms with Crippen LogP contribution in [0.25, 0.3) is 0 Å². The summed E-state index contributed by atoms with van der Waals surface area (Å²) in [5, 5.41) is 11.3. The Bertz CT molecular complexity index is 645. The number of nitrogen functional groups attached to an aromatic ring is 1. The van der Waals surface area contributed by atoms with E-state index in [-0.39, 0.29) is 12.5 Å². The first-order valence-corrected chi connectivity index (χ1v) is 7.71. The fourth-order valence-electron chi connectivity index (χ4n) is 1.79. The summed E-state index contributed by atoms with van der Waals surface area (Å²) < 4.78 is 11.0. The number of carbonyl (C=O) groups is 1. The summed E-state index contributed by atoms with van der Waals surface area (Å²) in [5.41, 5.74) is 5.99. The van der Waals surface area contributed by atoms with Gasteiger partial charge in [0.2, 0.25) is 5.13 Å². The normalized spacial score (nSPS) is 10.3. The Morgan fingerprint density at radius 1 is 1.23 bits per heavy atom. The van der Waals surface area contributed by atoms with E-state index < -0.39 is 0 Å². The van der Waals surface area contributed by atoms with Crippen LogP contribution in [0.15, 0.2) is 18.2 Å². The Morgan fingerprint density at radius 3 is 2.59 bits per heavy atom. The number of nitrogens with two attached hydrogens (primary N) is 1. The molecule has 0 bridgehead atoms. The van der Waals surface area contributed by atoms with Crippen LogP contribution < -0.4 is 20.5 Å². The van der Waals surface area contributed by atoms with Gasteiger partial charge in [-0.2, -0.15) is 0 Å². The second-order valence-electron chi connectivity index (χ2n) is 4.24. The largest absolute Gasteiger partial charge is 0.490 e. The molecule has 0 aliphatic carbocycles. The molecule has 118 valence electrons. The standard InChI is InChI=1S/C14H18N4O3S/c1-3-20-10-6-5-9(7-11(10)21-4-2)13(19)16-8-12-17-18-14(15)22-12/h5-7H,3-4,8H2,1-2H3,(H2,15,18)(H,16,19). The topological polar surface area (TPSA) is 99.4 Å². The molecule has 0 fully saturated rings. The highest BCUT2D eigenvalue weighted by Gasteiger charge is 2.12. The average Bonchev–Trinajstić information content (AvgIpc) is 2.92. The van der Waals surface area contributed by atoms with Crippen molar-refractivity contribution in [3.05, 3.63) is 28.8 Å². The number of nitrogens with zero attached hydrogens (tertiary/aromatic N) is 2. The Hall–Kier alpha value is -2.35. The number of anilines is 1. The lowest BCUT2D eigenvalue weighted by Crippen LogP contribution is -2.22. The van der Waals surface area contributed by atoms with Crippen LogP contribution in [0.5, 0.6) is 11.5 Å². The van der Waals surface area contributed by atoms with Crippen molar-refractivity contribution in [3.8, 4) is 11.5 Å². The molecule has 7 nitrogen and oxygen atoms in total. The highest BCUT2D eigenvalue weighted by atomic mass is 32.1. The van der Waals surface area contributed by atoms with E-state index >= 15 is 0 Å². The van der Waals surface area contributed by atoms with Crippen molar-refractivity contribution < 1.29 is 14.3 Å². The molecule has 0 saturated heterocycles. The van der Waals surface area contributed by atoms with Crippen molar-refractivity contribution in [1.82, 2.24) is 15.5 Å². The lowest BCUT2D eigenvalue weighted by atomic mass is 10.2. The number of aromatic nitrogens is 2. The third kappa shape index (κ3) is 4.08. The van der Waals surface area contributed by atoms with Crippen molar-refractivity contribution in [2.75, 3.05) is 18.9 Å². The Balaban J connectivity index is 2.06. The second-order valence-corrected chi connectivity index (χ2v) is 5.34. The van der Waals surface area contributed by atoms with Crippen molar-refractivity contribution in [3.63, 3.8) is 0 Å². The Labute approximate surface area is 132 Å². The van der Waals surface area contributed by atoms with Crippen molar-refractivity contribution in [1.29, 1.82) is 0 Å². The van der Waals surface area contributed by atoms with Crippen LogP contribution in [0.3, 0.4) is 0 Å². The molecule has 1 aromatic heterocycles. The number of benzene rings is 1. The van der Waals surface area contributed by atoms with Gasteiger partial charge in [-0.15, -0.1) is 10.2 Å². The summed E-state index contributed by atoms with van der Waals surface area (Å²) in [7, 11) is 0. The molecule has 0 radical (unpaired) electrons. The highest BCUT2D eigenvalue weighted by Crippen LogP contribution is 2.28. The number of amides is 1. The number of carbonyl (C=O) groups excluding carboxylic acids is 1. The molecule has 0 aliphatic heterocycles. The number of hydrogen-bond donors (Lipinski definition) is 2. The van der Waals surface area contributed by atoms with Gasteiger partial charge in [-0.25, -0.2) is 0 Å². The van der Waals surface area contributed by atoms with Crippen molar-refractivity contribution in [2.24, 2.45) is 0 Å². The molecular weight excluding hydrogens is 304 g/mol. The maximum atomic E-state index is 12.2. The van der Waals surface area contributed by atoms with Crippen LogP contribution in [0.4, 0.5) is 5.13 Å². The SMILES string of the molecule is CCOc1ccc(C(=O)NCc2nnc(N)s2)cc1OCC. The first-order valence-electron chi connectivity index (χ1n) is 6.89. The minimum atomic E-state index is -0.224. The van der Waals surface area contributed by atoms with Gasteiger partial charge >= 0.3 is 0 Å². The summed E-state index contributed by atoms with van der Waals surface area (Å²) in [6, 6.07) is 5.09.